The van der Waals surface area contributed by atoms with Gasteiger partial charge in [-0.3, -0.25) is 0 Å². The van der Waals surface area contributed by atoms with Gasteiger partial charge in [-0.25, -0.2) is 0 Å². The van der Waals surface area contributed by atoms with Crippen LogP contribution in [0.1, 0.15) is 7.43 Å². The third-order valence-corrected chi connectivity index (χ3v) is 0.650. The molecule has 0 aromatic carbocycles. The van der Waals surface area contributed by atoms with Gasteiger partial charge >= 0.3 is 92.4 Å². The zero-order chi connectivity index (χ0) is 24.2. The number of nitrogens with zero attached hydrogens (tertiary/aromatic N) is 8. The van der Waals surface area contributed by atoms with E-state index in [1.807, 2.05) is 0 Å². The molecule has 0 fully saturated rings. The van der Waals surface area contributed by atoms with Gasteiger partial charge < -0.3 is 55.3 Å². The second-order valence-corrected chi connectivity index (χ2v) is 2.46. The summed E-state index contributed by atoms with van der Waals surface area (Å²) in [4.78, 5) is 30.3. The van der Waals surface area contributed by atoms with Gasteiger partial charge in [-0.05, 0) is 0 Å². The second kappa shape index (κ2) is 123. The molecule has 0 atom stereocenters. The van der Waals surface area contributed by atoms with E-state index in [-0.39, 0.29) is 74.2 Å². The number of nitriles is 5. The van der Waals surface area contributed by atoms with Crippen LogP contribution in [0.4, 0.5) is 0 Å². The molecule has 0 unspecified atom stereocenters. The van der Waals surface area contributed by atoms with Crippen LogP contribution in [0.2, 0.25) is 0 Å². The molecule has 22 heteroatoms. The molecule has 0 aromatic heterocycles. The van der Waals surface area contributed by atoms with Gasteiger partial charge in [0, 0.05) is 0 Å². The fraction of sp³-hybridized carbons (Fsp3) is 0.100. The van der Waals surface area contributed by atoms with E-state index in [1.54, 1.807) is 6.19 Å². The first kappa shape index (κ1) is 70.3. The summed E-state index contributed by atoms with van der Waals surface area (Å²) >= 11 is 0.733. The Hall–Kier alpha value is -3.32. The van der Waals surface area contributed by atoms with Crippen LogP contribution in [0.5, 0.6) is 0 Å². The first-order chi connectivity index (χ1) is 13.1. The number of aliphatic imine (C=N–C) groups is 2. The monoisotopic (exact) mass is 512 g/mol. The van der Waals surface area contributed by atoms with Gasteiger partial charge in [0.25, 0.3) is 0 Å². The van der Waals surface area contributed by atoms with Crippen molar-refractivity contribution in [2.75, 3.05) is 0 Å². The Morgan fingerprint density at radius 1 is 0.844 bits per heavy atom. The van der Waals surface area contributed by atoms with Crippen LogP contribution in [0.3, 0.4) is 0 Å². The van der Waals surface area contributed by atoms with Gasteiger partial charge in [-0.1, -0.05) is 13.9 Å². The molecular formula is C10H20Ca2N14O6. The molecule has 0 amide bonds. The number of nitrogens with two attached hydrogens (primary N) is 6. The quantitative estimate of drug-likeness (QED) is 0.0397. The number of carbonyl (C=O) groups excluding carboxylic acids is 2. The van der Waals surface area contributed by atoms with Crippen molar-refractivity contribution in [1.82, 2.24) is 0 Å². The van der Waals surface area contributed by atoms with Crippen LogP contribution in [0, 0.1) is 57.3 Å². The molecule has 20 nitrogen and oxygen atoms in total. The van der Waals surface area contributed by atoms with E-state index in [0.29, 0.717) is 6.47 Å². The van der Waals surface area contributed by atoms with E-state index in [9.17, 15) is 0 Å². The molecule has 0 aliphatic rings. The van der Waals surface area contributed by atoms with Crippen molar-refractivity contribution in [3.63, 3.8) is 0 Å². The van der Waals surface area contributed by atoms with Gasteiger partial charge in [-0.15, -0.1) is 9.98 Å². The smallest absolute Gasteiger partial charge is 0.870 e. The maximum Gasteiger partial charge on any atom is 2.00 e. The molecular weight excluding hydrogens is 492 g/mol. The third-order valence-electron chi connectivity index (χ3n) is 0.429. The number of rotatable bonds is 0. The first-order valence-corrected chi connectivity index (χ1v) is 6.11. The Kier molecular flexibility index (Phi) is 269. The number of hydrogen-bond donors (Lipinski definition) is 7. The molecule has 0 rings (SSSR count). The van der Waals surface area contributed by atoms with E-state index in [1.165, 1.54) is 24.8 Å². The van der Waals surface area contributed by atoms with E-state index < -0.39 is 0 Å². The van der Waals surface area contributed by atoms with Crippen LogP contribution < -0.4 is 34.4 Å². The topological polar surface area (TPSA) is 445 Å². The number of hydrogen-bond acceptors (Lipinski definition) is 14. The summed E-state index contributed by atoms with van der Waals surface area (Å²) in [5, 5.41) is 43.7. The molecule has 32 heavy (non-hydrogen) atoms. The van der Waals surface area contributed by atoms with Gasteiger partial charge in [0.1, 0.15) is 0 Å². The maximum atomic E-state index is 8.24. The Morgan fingerprint density at radius 3 is 0.969 bits per heavy atom. The van der Waals surface area contributed by atoms with E-state index >= 15 is 0 Å². The molecule has 0 aromatic rings. The van der Waals surface area contributed by atoms with Crippen LogP contribution in [-0.4, -0.2) is 114 Å². The summed E-state index contributed by atoms with van der Waals surface area (Å²) in [6.45, 7) is 0.500. The predicted octanol–water partition coefficient (Wildman–Crippen LogP) is -5.56. The van der Waals surface area contributed by atoms with Crippen molar-refractivity contribution in [3.05, 3.63) is 0 Å². The van der Waals surface area contributed by atoms with Crippen molar-refractivity contribution >= 4 is 98.0 Å². The molecule has 170 valence electrons. The van der Waals surface area contributed by atoms with Crippen LogP contribution in [-0.2, 0) is 14.4 Å². The van der Waals surface area contributed by atoms with Gasteiger partial charge in [0.05, 0.1) is 0 Å². The van der Waals surface area contributed by atoms with Gasteiger partial charge in [0.15, 0.2) is 12.4 Å². The fourth-order valence-corrected chi connectivity index (χ4v) is 0.115. The van der Waals surface area contributed by atoms with Crippen LogP contribution in [0.25, 0.3) is 0 Å². The second-order valence-electron chi connectivity index (χ2n) is 1.96. The zero-order valence-corrected chi connectivity index (χ0v) is 20.0. The van der Waals surface area contributed by atoms with E-state index in [2.05, 4.69) is 22.9 Å². The molecule has 0 radical (unpaired) electrons. The normalized spacial score (nSPS) is 3.78. The fourth-order valence-electron chi connectivity index (χ4n) is 0.115. The molecule has 0 bridgehead atoms. The van der Waals surface area contributed by atoms with Crippen molar-refractivity contribution in [2.45, 2.75) is 7.43 Å². The zero-order valence-electron chi connectivity index (χ0n) is 15.6. The molecule has 0 aliphatic heterocycles. The summed E-state index contributed by atoms with van der Waals surface area (Å²) in [7, 11) is 0. The Bertz CT molecular complexity index is 614. The summed E-state index contributed by atoms with van der Waals surface area (Å²) in [5.41, 5.74) is 27.1. The minimum absolute atomic E-state index is 0. The average Bonchev–Trinajstić information content (AvgIpc) is 2.58. The Morgan fingerprint density at radius 2 is 0.969 bits per heavy atom. The summed E-state index contributed by atoms with van der Waals surface area (Å²) in [6, 6.07) is 0. The van der Waals surface area contributed by atoms with Crippen molar-refractivity contribution in [3.8, 4) is 31.0 Å². The largest absolute Gasteiger partial charge is 2.00 e. The summed E-state index contributed by atoms with van der Waals surface area (Å²) < 4.78 is 3.17. The molecule has 0 aliphatic carbocycles. The molecule has 0 heterocycles. The third kappa shape index (κ3) is 1300. The number of aliphatic hydroxyl groups excluding tert-OH is 1. The standard InChI is InChI=1S/2C2H4N4.2CH2N2.CN2.CHO2.CO2.CH4.2Ca.2H2O/c2*3-1-6-2(4)5;5*2-1-3;;;;;/h2*(H4,4,5,6);2*2H2;;(H,2,3);;1H4;;;2*1H2/q;;;;;-1;;;;+2;;/p-1. The van der Waals surface area contributed by atoms with E-state index in [4.69, 9.17) is 68.7 Å². The predicted molar refractivity (Wildman–Crippen MR) is 108 cm³/mol. The minimum Gasteiger partial charge on any atom is -0.870 e. The Labute approximate surface area is 236 Å². The van der Waals surface area contributed by atoms with Crippen molar-refractivity contribution in [1.29, 1.82) is 26.3 Å². The first-order valence-electron chi connectivity index (χ1n) is 5.12. The minimum atomic E-state index is -0.197. The van der Waals surface area contributed by atoms with Crippen LogP contribution in [0.15, 0.2) is 11.4 Å². The Balaban J connectivity index is -0.0000000179. The molecule has 16 N–H and O–H groups in total. The van der Waals surface area contributed by atoms with Gasteiger partial charge in [0.2, 0.25) is 24.3 Å². The van der Waals surface area contributed by atoms with E-state index in [0.717, 1.165) is 35.7 Å². The average molecular weight is 513 g/mol. The van der Waals surface area contributed by atoms with Crippen molar-refractivity contribution < 1.29 is 30.4 Å². The summed E-state index contributed by atoms with van der Waals surface area (Å²) in [5.74, 6) is -0.394. The van der Waals surface area contributed by atoms with Crippen LogP contribution >= 0.6 is 0 Å². The molecule has 0 saturated carbocycles. The number of guanidine groups is 2. The summed E-state index contributed by atoms with van der Waals surface area (Å²) in [6.07, 6.45) is 7.17. The molecule has 0 spiro atoms. The van der Waals surface area contributed by atoms with Gasteiger partial charge in [-0.2, -0.15) is 30.6 Å². The van der Waals surface area contributed by atoms with Crippen molar-refractivity contribution in [2.24, 2.45) is 45.8 Å². The maximum absolute atomic E-state index is 8.24. The molecule has 0 saturated heterocycles. The SMILES string of the molecule is C.N#CN.N#CN.N#CN=C(N)N.N#CN=C(N)N.N#C[N]=[Ca].O.O=C=O.O=[C-]O.[Ca+2].[OH-].